The van der Waals surface area contributed by atoms with Crippen molar-refractivity contribution in [2.45, 2.75) is 0 Å². The molecule has 6 nitrogen and oxygen atoms in total. The minimum atomic E-state index is -0.460. The number of phenols is 1. The lowest BCUT2D eigenvalue weighted by molar-refractivity contribution is -0.130. The predicted octanol–water partition coefficient (Wildman–Crippen LogP) is 0.316. The molecule has 1 aliphatic heterocycles. The Labute approximate surface area is 125 Å². The quantitative estimate of drug-likeness (QED) is 0.739. The van der Waals surface area contributed by atoms with Crippen molar-refractivity contribution in [2.75, 3.05) is 32.7 Å². The van der Waals surface area contributed by atoms with E-state index >= 15 is 0 Å². The smallest absolute Gasteiger partial charge is 0.255 e. The zero-order chi connectivity index (χ0) is 14.5. The monoisotopic (exact) mass is 341 g/mol. The van der Waals surface area contributed by atoms with Crippen LogP contribution in [0.2, 0.25) is 0 Å². The lowest BCUT2D eigenvalue weighted by atomic mass is 10.2. The van der Waals surface area contributed by atoms with E-state index in [0.717, 1.165) is 13.1 Å². The lowest BCUT2D eigenvalue weighted by Crippen LogP contribution is -2.49. The van der Waals surface area contributed by atoms with Gasteiger partial charge < -0.3 is 20.6 Å². The van der Waals surface area contributed by atoms with Gasteiger partial charge in [-0.3, -0.25) is 9.59 Å². The van der Waals surface area contributed by atoms with Gasteiger partial charge in [0.15, 0.2) is 0 Å². The SMILES string of the molecule is O=C(NCC(=O)N1CCNCC1)c1ccc(Br)cc1O. The fourth-order valence-electron chi connectivity index (χ4n) is 1.97. The van der Waals surface area contributed by atoms with Gasteiger partial charge in [0.1, 0.15) is 5.75 Å². The van der Waals surface area contributed by atoms with E-state index in [0.29, 0.717) is 17.6 Å². The average molecular weight is 342 g/mol. The maximum atomic E-state index is 11.9. The number of nitrogens with one attached hydrogen (secondary N) is 2. The topological polar surface area (TPSA) is 81.7 Å². The molecule has 1 aliphatic rings. The molecule has 1 heterocycles. The van der Waals surface area contributed by atoms with Gasteiger partial charge in [-0.15, -0.1) is 0 Å². The molecule has 0 saturated carbocycles. The first-order chi connectivity index (χ1) is 9.58. The second-order valence-corrected chi connectivity index (χ2v) is 5.39. The van der Waals surface area contributed by atoms with Crippen molar-refractivity contribution < 1.29 is 14.7 Å². The lowest BCUT2D eigenvalue weighted by Gasteiger charge is -2.27. The average Bonchev–Trinajstić information content (AvgIpc) is 2.45. The maximum absolute atomic E-state index is 11.9. The van der Waals surface area contributed by atoms with Crippen LogP contribution < -0.4 is 10.6 Å². The van der Waals surface area contributed by atoms with Gasteiger partial charge in [0.25, 0.3) is 5.91 Å². The second-order valence-electron chi connectivity index (χ2n) is 4.47. The highest BCUT2D eigenvalue weighted by molar-refractivity contribution is 9.10. The number of hydrogen-bond donors (Lipinski definition) is 3. The third-order valence-corrected chi connectivity index (χ3v) is 3.57. The third kappa shape index (κ3) is 3.71. The molecule has 108 valence electrons. The number of halogens is 1. The number of nitrogens with zero attached hydrogens (tertiary/aromatic N) is 1. The number of amides is 2. The van der Waals surface area contributed by atoms with Crippen molar-refractivity contribution >= 4 is 27.7 Å². The molecule has 0 spiro atoms. The number of piperazine rings is 1. The Hall–Kier alpha value is -1.60. The summed E-state index contributed by atoms with van der Waals surface area (Å²) in [6.07, 6.45) is 0. The number of benzene rings is 1. The first kappa shape index (κ1) is 14.8. The molecule has 1 saturated heterocycles. The molecule has 7 heteroatoms. The Bertz CT molecular complexity index is 516. The normalized spacial score (nSPS) is 14.9. The number of rotatable bonds is 3. The van der Waals surface area contributed by atoms with Gasteiger partial charge in [-0.05, 0) is 18.2 Å². The van der Waals surface area contributed by atoms with Crippen molar-refractivity contribution in [1.29, 1.82) is 0 Å². The highest BCUT2D eigenvalue weighted by atomic mass is 79.9. The highest BCUT2D eigenvalue weighted by Crippen LogP contribution is 2.21. The van der Waals surface area contributed by atoms with Crippen LogP contribution in [0.25, 0.3) is 0 Å². The zero-order valence-corrected chi connectivity index (χ0v) is 12.4. The van der Waals surface area contributed by atoms with Crippen molar-refractivity contribution in [3.8, 4) is 5.75 Å². The predicted molar refractivity (Wildman–Crippen MR) is 77.6 cm³/mol. The summed E-state index contributed by atoms with van der Waals surface area (Å²) in [5.41, 5.74) is 0.154. The summed E-state index contributed by atoms with van der Waals surface area (Å²) in [4.78, 5) is 25.5. The van der Waals surface area contributed by atoms with Crippen LogP contribution in [0, 0.1) is 0 Å². The van der Waals surface area contributed by atoms with Crippen molar-refractivity contribution in [3.05, 3.63) is 28.2 Å². The molecule has 0 unspecified atom stereocenters. The summed E-state index contributed by atoms with van der Waals surface area (Å²) < 4.78 is 0.684. The zero-order valence-electron chi connectivity index (χ0n) is 10.9. The Morgan fingerprint density at radius 1 is 1.35 bits per heavy atom. The first-order valence-corrected chi connectivity index (χ1v) is 7.12. The molecule has 1 aromatic rings. The van der Waals surface area contributed by atoms with E-state index in [4.69, 9.17) is 0 Å². The molecule has 2 rings (SSSR count). The minimum absolute atomic E-state index is 0.0612. The Balaban J connectivity index is 1.89. The molecular formula is C13H16BrN3O3. The Morgan fingerprint density at radius 2 is 2.05 bits per heavy atom. The van der Waals surface area contributed by atoms with Crippen molar-refractivity contribution in [1.82, 2.24) is 15.5 Å². The van der Waals surface area contributed by atoms with E-state index in [9.17, 15) is 14.7 Å². The molecule has 3 N–H and O–H groups in total. The van der Waals surface area contributed by atoms with Crippen LogP contribution >= 0.6 is 15.9 Å². The number of carbonyl (C=O) groups excluding carboxylic acids is 2. The summed E-state index contributed by atoms with van der Waals surface area (Å²) in [5, 5.41) is 15.4. The molecule has 0 bridgehead atoms. The van der Waals surface area contributed by atoms with Gasteiger partial charge in [0.05, 0.1) is 12.1 Å². The number of carbonyl (C=O) groups is 2. The van der Waals surface area contributed by atoms with Crippen LogP contribution in [0.15, 0.2) is 22.7 Å². The summed E-state index contributed by atoms with van der Waals surface area (Å²) in [6.45, 7) is 2.78. The fraction of sp³-hybridized carbons (Fsp3) is 0.385. The summed E-state index contributed by atoms with van der Waals surface area (Å²) in [7, 11) is 0. The van der Waals surface area contributed by atoms with Gasteiger partial charge in [-0.1, -0.05) is 15.9 Å². The van der Waals surface area contributed by atoms with Crippen LogP contribution in [0.1, 0.15) is 10.4 Å². The van der Waals surface area contributed by atoms with Gasteiger partial charge >= 0.3 is 0 Å². The molecule has 0 aromatic heterocycles. The first-order valence-electron chi connectivity index (χ1n) is 6.33. The standard InChI is InChI=1S/C13H16BrN3O3/c14-9-1-2-10(11(18)7-9)13(20)16-8-12(19)17-5-3-15-4-6-17/h1-2,7,15,18H,3-6,8H2,(H,16,20). The third-order valence-electron chi connectivity index (χ3n) is 3.07. The molecule has 0 atom stereocenters. The molecule has 1 aromatic carbocycles. The molecule has 2 amide bonds. The van der Waals surface area contributed by atoms with Crippen LogP contribution in [-0.2, 0) is 4.79 Å². The Morgan fingerprint density at radius 3 is 2.70 bits per heavy atom. The van der Waals surface area contributed by atoms with E-state index in [2.05, 4.69) is 26.6 Å². The van der Waals surface area contributed by atoms with E-state index < -0.39 is 5.91 Å². The minimum Gasteiger partial charge on any atom is -0.507 e. The Kier molecular flexibility index (Phi) is 4.97. The molecule has 0 radical (unpaired) electrons. The van der Waals surface area contributed by atoms with Gasteiger partial charge in [0.2, 0.25) is 5.91 Å². The van der Waals surface area contributed by atoms with Gasteiger partial charge in [0, 0.05) is 30.7 Å². The maximum Gasteiger partial charge on any atom is 0.255 e. The second kappa shape index (κ2) is 6.71. The van der Waals surface area contributed by atoms with Crippen LogP contribution in [0.3, 0.4) is 0 Å². The summed E-state index contributed by atoms with van der Waals surface area (Å²) >= 11 is 3.20. The van der Waals surface area contributed by atoms with Crippen LogP contribution in [0.4, 0.5) is 0 Å². The van der Waals surface area contributed by atoms with E-state index in [1.165, 1.54) is 12.1 Å². The molecule has 1 fully saturated rings. The van der Waals surface area contributed by atoms with E-state index in [1.54, 1.807) is 11.0 Å². The highest BCUT2D eigenvalue weighted by Gasteiger charge is 2.18. The number of phenolic OH excluding ortho intramolecular Hbond substituents is 1. The number of aromatic hydroxyl groups is 1. The number of hydrogen-bond acceptors (Lipinski definition) is 4. The molecule has 0 aliphatic carbocycles. The molecular weight excluding hydrogens is 326 g/mol. The van der Waals surface area contributed by atoms with Gasteiger partial charge in [-0.25, -0.2) is 0 Å². The van der Waals surface area contributed by atoms with Crippen molar-refractivity contribution in [2.24, 2.45) is 0 Å². The summed E-state index contributed by atoms with van der Waals surface area (Å²) in [6, 6.07) is 4.60. The molecule has 20 heavy (non-hydrogen) atoms. The largest absolute Gasteiger partial charge is 0.507 e. The van der Waals surface area contributed by atoms with Crippen LogP contribution in [0.5, 0.6) is 5.75 Å². The van der Waals surface area contributed by atoms with E-state index in [1.807, 2.05) is 0 Å². The summed E-state index contributed by atoms with van der Waals surface area (Å²) in [5.74, 6) is -0.693. The fourth-order valence-corrected chi connectivity index (χ4v) is 2.32. The van der Waals surface area contributed by atoms with Crippen LogP contribution in [-0.4, -0.2) is 54.5 Å². The van der Waals surface area contributed by atoms with Gasteiger partial charge in [-0.2, -0.15) is 0 Å². The van der Waals surface area contributed by atoms with Crippen molar-refractivity contribution in [3.63, 3.8) is 0 Å². The van der Waals surface area contributed by atoms with E-state index in [-0.39, 0.29) is 23.8 Å².